The zero-order valence-corrected chi connectivity index (χ0v) is 18.8. The van der Waals surface area contributed by atoms with E-state index in [0.29, 0.717) is 26.2 Å². The second-order valence-electron chi connectivity index (χ2n) is 5.05. The Balaban J connectivity index is 1.96. The van der Waals surface area contributed by atoms with Gasteiger partial charge in [0, 0.05) is 4.47 Å². The van der Waals surface area contributed by atoms with Crippen molar-refractivity contribution < 1.29 is 18.1 Å². The highest BCUT2D eigenvalue weighted by atomic mass is 79.9. The maximum Gasteiger partial charge on any atom is 0.647 e. The van der Waals surface area contributed by atoms with Gasteiger partial charge in [-0.3, -0.25) is 0 Å². The summed E-state index contributed by atoms with van der Waals surface area (Å²) < 4.78 is 32.3. The van der Waals surface area contributed by atoms with Gasteiger partial charge < -0.3 is 13.6 Å². The Kier molecular flexibility index (Phi) is 6.46. The van der Waals surface area contributed by atoms with Gasteiger partial charge in [0.25, 0.3) is 0 Å². The van der Waals surface area contributed by atoms with Gasteiger partial charge >= 0.3 is 7.82 Å². The molecule has 0 N–H and O–H groups in total. The summed E-state index contributed by atoms with van der Waals surface area (Å²) >= 11 is 10.2. The maximum absolute atomic E-state index is 13.4. The number of benzene rings is 3. The number of hydrogen-bond acceptors (Lipinski definition) is 4. The molecule has 0 aromatic heterocycles. The molecule has 3 aromatic carbocycles. The molecule has 3 rings (SSSR count). The van der Waals surface area contributed by atoms with Gasteiger partial charge in [-0.2, -0.15) is 4.57 Å². The first-order chi connectivity index (χ1) is 12.5. The van der Waals surface area contributed by atoms with Crippen LogP contribution in [0.15, 0.2) is 86.2 Å². The Bertz CT molecular complexity index is 867. The first-order valence-corrected chi connectivity index (χ1v) is 11.2. The molecule has 8 heteroatoms. The highest BCUT2D eigenvalue weighted by Crippen LogP contribution is 2.53. The third-order valence-electron chi connectivity index (χ3n) is 3.09. The Morgan fingerprint density at radius 3 is 1.50 bits per heavy atom. The summed E-state index contributed by atoms with van der Waals surface area (Å²) in [6.07, 6.45) is 0. The van der Waals surface area contributed by atoms with Gasteiger partial charge in [-0.25, -0.2) is 0 Å². The summed E-state index contributed by atoms with van der Waals surface area (Å²) in [7, 11) is -4.03. The fourth-order valence-corrected chi connectivity index (χ4v) is 5.97. The van der Waals surface area contributed by atoms with E-state index in [4.69, 9.17) is 13.6 Å². The van der Waals surface area contributed by atoms with Crippen LogP contribution in [0.3, 0.4) is 0 Å². The average molecular weight is 563 g/mol. The molecule has 0 bridgehead atoms. The Hall–Kier alpha value is -1.27. The van der Waals surface area contributed by atoms with Crippen molar-refractivity contribution in [1.82, 2.24) is 0 Å². The molecule has 0 unspecified atom stereocenters. The second-order valence-corrected chi connectivity index (χ2v) is 9.11. The van der Waals surface area contributed by atoms with E-state index in [1.165, 1.54) is 0 Å². The molecule has 0 aliphatic carbocycles. The quantitative estimate of drug-likeness (QED) is 0.290. The number of phosphoric ester groups is 1. The minimum absolute atomic E-state index is 0.309. The summed E-state index contributed by atoms with van der Waals surface area (Å²) in [4.78, 5) is 0. The van der Waals surface area contributed by atoms with Crippen molar-refractivity contribution in [3.05, 3.63) is 86.2 Å². The molecular weight excluding hydrogens is 551 g/mol. The van der Waals surface area contributed by atoms with Crippen molar-refractivity contribution in [2.24, 2.45) is 0 Å². The minimum Gasteiger partial charge on any atom is -0.386 e. The van der Waals surface area contributed by atoms with Crippen LogP contribution in [0.2, 0.25) is 0 Å². The largest absolute Gasteiger partial charge is 0.647 e. The van der Waals surface area contributed by atoms with Crippen LogP contribution in [0.25, 0.3) is 0 Å². The van der Waals surface area contributed by atoms with E-state index < -0.39 is 7.82 Å². The smallest absolute Gasteiger partial charge is 0.386 e. The van der Waals surface area contributed by atoms with Crippen LogP contribution in [0.4, 0.5) is 0 Å². The average Bonchev–Trinajstić information content (AvgIpc) is 2.60. The third-order valence-corrected chi connectivity index (χ3v) is 6.00. The first kappa shape index (κ1) is 19.5. The first-order valence-electron chi connectivity index (χ1n) is 7.39. The van der Waals surface area contributed by atoms with E-state index in [0.717, 1.165) is 4.47 Å². The zero-order valence-electron chi connectivity index (χ0n) is 13.1. The summed E-state index contributed by atoms with van der Waals surface area (Å²) in [5.41, 5.74) is 0. The maximum atomic E-state index is 13.4. The number of halogens is 3. The molecule has 4 nitrogen and oxygen atoms in total. The van der Waals surface area contributed by atoms with Crippen LogP contribution in [0, 0.1) is 0 Å². The number of para-hydroxylation sites is 2. The molecule has 0 spiro atoms. The van der Waals surface area contributed by atoms with E-state index in [2.05, 4.69) is 47.8 Å². The summed E-state index contributed by atoms with van der Waals surface area (Å²) in [5.74, 6) is 1.05. The van der Waals surface area contributed by atoms with Gasteiger partial charge in [-0.1, -0.05) is 52.3 Å². The van der Waals surface area contributed by atoms with Crippen LogP contribution in [0.5, 0.6) is 17.2 Å². The van der Waals surface area contributed by atoms with E-state index >= 15 is 0 Å². The summed E-state index contributed by atoms with van der Waals surface area (Å²) in [6.45, 7) is 0. The number of rotatable bonds is 6. The molecule has 0 saturated carbocycles. The topological polar surface area (TPSA) is 44.8 Å². The van der Waals surface area contributed by atoms with E-state index in [-0.39, 0.29) is 0 Å². The summed E-state index contributed by atoms with van der Waals surface area (Å²) in [6, 6.07) is 21.0. The molecule has 134 valence electrons. The van der Waals surface area contributed by atoms with Crippen molar-refractivity contribution in [2.75, 3.05) is 0 Å². The standard InChI is InChI=1S/C18H12Br3O4P/c19-13-11-16(20)18(17(21)12-13)25-26(22,23-14-7-3-1-4-8-14)24-15-9-5-2-6-10-15/h1-12H. The molecule has 0 fully saturated rings. The van der Waals surface area contributed by atoms with Gasteiger partial charge in [0.15, 0.2) is 5.75 Å². The Morgan fingerprint density at radius 2 is 1.08 bits per heavy atom. The molecule has 0 radical (unpaired) electrons. The Labute approximate surface area is 176 Å². The van der Waals surface area contributed by atoms with Gasteiger partial charge in [0.05, 0.1) is 8.95 Å². The molecule has 3 aromatic rings. The molecule has 0 aliphatic rings. The lowest BCUT2D eigenvalue weighted by atomic mass is 10.3. The summed E-state index contributed by atoms with van der Waals surface area (Å²) in [5, 5.41) is 0. The monoisotopic (exact) mass is 560 g/mol. The van der Waals surface area contributed by atoms with Crippen LogP contribution in [-0.2, 0) is 4.57 Å². The van der Waals surface area contributed by atoms with Crippen LogP contribution in [0.1, 0.15) is 0 Å². The van der Waals surface area contributed by atoms with E-state index in [1.807, 2.05) is 12.1 Å². The molecule has 0 amide bonds. The molecule has 0 atom stereocenters. The van der Waals surface area contributed by atoms with Crippen LogP contribution < -0.4 is 13.6 Å². The lowest BCUT2D eigenvalue weighted by Gasteiger charge is -2.20. The van der Waals surface area contributed by atoms with Gasteiger partial charge in [0.2, 0.25) is 0 Å². The van der Waals surface area contributed by atoms with Gasteiger partial charge in [-0.15, -0.1) is 0 Å². The predicted molar refractivity (Wildman–Crippen MR) is 112 cm³/mol. The fraction of sp³-hybridized carbons (Fsp3) is 0. The molecule has 0 saturated heterocycles. The molecular formula is C18H12Br3O4P. The van der Waals surface area contributed by atoms with Gasteiger partial charge in [0.1, 0.15) is 11.5 Å². The molecule has 0 aliphatic heterocycles. The normalized spacial score (nSPS) is 11.0. The van der Waals surface area contributed by atoms with Crippen molar-refractivity contribution in [1.29, 1.82) is 0 Å². The molecule has 26 heavy (non-hydrogen) atoms. The van der Waals surface area contributed by atoms with Crippen LogP contribution in [-0.4, -0.2) is 0 Å². The third kappa shape index (κ3) is 5.13. The second kappa shape index (κ2) is 8.61. The highest BCUT2D eigenvalue weighted by Gasteiger charge is 2.34. The number of hydrogen-bond donors (Lipinski definition) is 0. The molecule has 0 heterocycles. The lowest BCUT2D eigenvalue weighted by molar-refractivity contribution is 0.297. The van der Waals surface area contributed by atoms with Crippen LogP contribution >= 0.6 is 55.6 Å². The minimum atomic E-state index is -4.03. The predicted octanol–water partition coefficient (Wildman–Crippen LogP) is 7.62. The van der Waals surface area contributed by atoms with Crippen molar-refractivity contribution >= 4 is 55.6 Å². The highest BCUT2D eigenvalue weighted by molar-refractivity contribution is 9.11. The van der Waals surface area contributed by atoms with Gasteiger partial charge in [-0.05, 0) is 68.3 Å². The Morgan fingerprint density at radius 1 is 0.654 bits per heavy atom. The number of phosphoric acid groups is 1. The van der Waals surface area contributed by atoms with Crippen molar-refractivity contribution in [3.63, 3.8) is 0 Å². The lowest BCUT2D eigenvalue weighted by Crippen LogP contribution is -2.08. The van der Waals surface area contributed by atoms with Crippen molar-refractivity contribution in [3.8, 4) is 17.2 Å². The fourth-order valence-electron chi connectivity index (χ4n) is 2.00. The SMILES string of the molecule is O=P(Oc1ccccc1)(Oc1ccccc1)Oc1c(Br)cc(Br)cc1Br. The van der Waals surface area contributed by atoms with E-state index in [9.17, 15) is 4.57 Å². The van der Waals surface area contributed by atoms with E-state index in [1.54, 1.807) is 60.7 Å². The zero-order chi connectivity index (χ0) is 18.6. The van der Waals surface area contributed by atoms with Crippen molar-refractivity contribution in [2.45, 2.75) is 0 Å².